The van der Waals surface area contributed by atoms with Crippen molar-refractivity contribution in [3.63, 3.8) is 0 Å². The van der Waals surface area contributed by atoms with E-state index >= 15 is 0 Å². The number of thiophene rings is 1. The molecule has 1 amide bonds. The Kier molecular flexibility index (Phi) is 6.23. The summed E-state index contributed by atoms with van der Waals surface area (Å²) < 4.78 is 11.9. The number of carbonyl (C=O) groups is 1. The number of halogens is 1. The zero-order valence-corrected chi connectivity index (χ0v) is 13.8. The molecule has 1 saturated heterocycles. The molecule has 1 aromatic rings. The lowest BCUT2D eigenvalue weighted by Crippen LogP contribution is -2.50. The molecular weight excluding hydrogens is 310 g/mol. The van der Waals surface area contributed by atoms with Crippen molar-refractivity contribution in [1.29, 1.82) is 0 Å². The van der Waals surface area contributed by atoms with Gasteiger partial charge in [0.15, 0.2) is 0 Å². The van der Waals surface area contributed by atoms with Gasteiger partial charge in [-0.25, -0.2) is 0 Å². The van der Waals surface area contributed by atoms with Crippen LogP contribution in [0.4, 0.5) is 0 Å². The van der Waals surface area contributed by atoms with Gasteiger partial charge < -0.3 is 14.8 Å². The molecule has 1 aliphatic rings. The molecule has 1 aromatic heterocycles. The van der Waals surface area contributed by atoms with Crippen molar-refractivity contribution in [1.82, 2.24) is 5.32 Å². The topological polar surface area (TPSA) is 47.6 Å². The first-order chi connectivity index (χ1) is 10.1. The van der Waals surface area contributed by atoms with Crippen molar-refractivity contribution in [2.45, 2.75) is 32.4 Å². The highest BCUT2D eigenvalue weighted by Gasteiger charge is 2.28. The minimum absolute atomic E-state index is 0.0197. The summed E-state index contributed by atoms with van der Waals surface area (Å²) >= 11 is 7.13. The van der Waals surface area contributed by atoms with E-state index in [1.54, 1.807) is 12.1 Å². The number of rotatable bonds is 5. The number of allylic oxidation sites excluding steroid dienone is 1. The van der Waals surface area contributed by atoms with Crippen LogP contribution in [0.3, 0.4) is 0 Å². The number of carbonyl (C=O) groups excluding carboxylic acids is 1. The highest BCUT2D eigenvalue weighted by Crippen LogP contribution is 2.22. The van der Waals surface area contributed by atoms with Gasteiger partial charge in [0.25, 0.3) is 5.91 Å². The van der Waals surface area contributed by atoms with Crippen molar-refractivity contribution in [2.24, 2.45) is 0 Å². The van der Waals surface area contributed by atoms with E-state index in [2.05, 4.69) is 5.32 Å². The maximum absolute atomic E-state index is 12.2. The van der Waals surface area contributed by atoms with Crippen molar-refractivity contribution >= 4 is 28.8 Å². The van der Waals surface area contributed by atoms with Crippen LogP contribution in [0.5, 0.6) is 0 Å². The highest BCUT2D eigenvalue weighted by atomic mass is 35.5. The molecule has 1 N–H and O–H groups in total. The predicted molar refractivity (Wildman–Crippen MR) is 85.2 cm³/mol. The molecule has 0 aliphatic carbocycles. The van der Waals surface area contributed by atoms with Gasteiger partial charge in [0.2, 0.25) is 0 Å². The monoisotopic (exact) mass is 329 g/mol. The summed E-state index contributed by atoms with van der Waals surface area (Å²) in [5, 5.41) is 2.98. The molecule has 2 atom stereocenters. The van der Waals surface area contributed by atoms with E-state index in [0.29, 0.717) is 29.0 Å². The van der Waals surface area contributed by atoms with Gasteiger partial charge in [-0.15, -0.1) is 11.3 Å². The van der Waals surface area contributed by atoms with Crippen LogP contribution in [-0.4, -0.2) is 37.9 Å². The molecule has 0 spiro atoms. The van der Waals surface area contributed by atoms with E-state index in [0.717, 1.165) is 6.42 Å². The van der Waals surface area contributed by atoms with Crippen molar-refractivity contribution in [3.05, 3.63) is 33.0 Å². The minimum atomic E-state index is -0.127. The van der Waals surface area contributed by atoms with Crippen LogP contribution in [0.1, 0.15) is 29.9 Å². The molecule has 21 heavy (non-hydrogen) atoms. The number of ether oxygens (including phenoxy) is 2. The maximum atomic E-state index is 12.2. The van der Waals surface area contributed by atoms with E-state index in [-0.39, 0.29) is 18.1 Å². The Morgan fingerprint density at radius 3 is 3.05 bits per heavy atom. The molecule has 2 heterocycles. The zero-order chi connectivity index (χ0) is 15.2. The Morgan fingerprint density at radius 2 is 2.38 bits per heavy atom. The molecule has 0 radical (unpaired) electrons. The van der Waals surface area contributed by atoms with Gasteiger partial charge in [0, 0.05) is 6.61 Å². The number of hydrogen-bond acceptors (Lipinski definition) is 4. The van der Waals surface area contributed by atoms with Gasteiger partial charge in [-0.05, 0) is 32.4 Å². The molecule has 6 heteroatoms. The Morgan fingerprint density at radius 1 is 1.57 bits per heavy atom. The normalized spacial score (nSPS) is 21.9. The molecule has 1 fully saturated rings. The summed E-state index contributed by atoms with van der Waals surface area (Å²) in [5.74, 6) is -0.127. The first-order valence-electron chi connectivity index (χ1n) is 6.95. The lowest BCUT2D eigenvalue weighted by molar-refractivity contribution is -0.0457. The summed E-state index contributed by atoms with van der Waals surface area (Å²) in [4.78, 5) is 12.8. The second-order valence-corrected chi connectivity index (χ2v) is 6.92. The van der Waals surface area contributed by atoms with Crippen LogP contribution in [-0.2, 0) is 9.47 Å². The zero-order valence-electron chi connectivity index (χ0n) is 12.2. The third-order valence-corrected chi connectivity index (χ3v) is 4.44. The van der Waals surface area contributed by atoms with Gasteiger partial charge in [-0.2, -0.15) is 0 Å². The molecule has 1 aliphatic heterocycles. The summed E-state index contributed by atoms with van der Waals surface area (Å²) in [6, 6.07) is 3.32. The Hall–Kier alpha value is -0.880. The van der Waals surface area contributed by atoms with Crippen molar-refractivity contribution in [3.8, 4) is 0 Å². The molecule has 0 bridgehead atoms. The second-order valence-electron chi connectivity index (χ2n) is 5.20. The fourth-order valence-electron chi connectivity index (χ4n) is 2.07. The van der Waals surface area contributed by atoms with Crippen LogP contribution in [0.2, 0.25) is 4.34 Å². The second kappa shape index (κ2) is 7.94. The molecule has 0 unspecified atom stereocenters. The van der Waals surface area contributed by atoms with Crippen LogP contribution in [0.25, 0.3) is 0 Å². The molecule has 0 aromatic carbocycles. The van der Waals surface area contributed by atoms with Gasteiger partial charge >= 0.3 is 0 Å². The molecule has 2 rings (SSSR count). The average Bonchev–Trinajstić information content (AvgIpc) is 2.87. The van der Waals surface area contributed by atoms with Crippen LogP contribution in [0, 0.1) is 0 Å². The SMILES string of the molecule is CC(C)=CCO[C@H]1CCOC[C@H]1NC(=O)c1ccc(Cl)s1. The fraction of sp³-hybridized carbons (Fsp3) is 0.533. The Labute approximate surface area is 134 Å². The van der Waals surface area contributed by atoms with E-state index in [9.17, 15) is 4.79 Å². The average molecular weight is 330 g/mol. The third kappa shape index (κ3) is 5.11. The van der Waals surface area contributed by atoms with Gasteiger partial charge in [0.05, 0.1) is 34.6 Å². The quantitative estimate of drug-likeness (QED) is 0.843. The minimum Gasteiger partial charge on any atom is -0.379 e. The van der Waals surface area contributed by atoms with E-state index in [1.165, 1.54) is 16.9 Å². The first kappa shape index (κ1) is 16.5. The lowest BCUT2D eigenvalue weighted by Gasteiger charge is -2.31. The van der Waals surface area contributed by atoms with E-state index in [4.69, 9.17) is 21.1 Å². The summed E-state index contributed by atoms with van der Waals surface area (Å²) in [7, 11) is 0. The lowest BCUT2D eigenvalue weighted by atomic mass is 10.1. The highest BCUT2D eigenvalue weighted by molar-refractivity contribution is 7.17. The van der Waals surface area contributed by atoms with Crippen molar-refractivity contribution in [2.75, 3.05) is 19.8 Å². The maximum Gasteiger partial charge on any atom is 0.261 e. The molecule has 4 nitrogen and oxygen atoms in total. The molecular formula is C15H20ClNO3S. The van der Waals surface area contributed by atoms with Crippen LogP contribution >= 0.6 is 22.9 Å². The standard InChI is InChI=1S/C15H20ClNO3S/c1-10(2)5-8-20-12-6-7-19-9-11(12)17-15(18)13-3-4-14(16)21-13/h3-5,11-12H,6-9H2,1-2H3,(H,17,18)/t11-,12+/m1/s1. The first-order valence-corrected chi connectivity index (χ1v) is 8.14. The fourth-order valence-corrected chi connectivity index (χ4v) is 3.01. The Bertz CT molecular complexity index is 511. The summed E-state index contributed by atoms with van der Waals surface area (Å²) in [6.07, 6.45) is 2.80. The van der Waals surface area contributed by atoms with Gasteiger partial charge in [-0.3, -0.25) is 4.79 Å². The smallest absolute Gasteiger partial charge is 0.261 e. The van der Waals surface area contributed by atoms with E-state index in [1.807, 2.05) is 19.9 Å². The summed E-state index contributed by atoms with van der Waals surface area (Å²) in [5.41, 5.74) is 1.22. The van der Waals surface area contributed by atoms with Gasteiger partial charge in [0.1, 0.15) is 0 Å². The molecule has 116 valence electrons. The van der Waals surface area contributed by atoms with Crippen LogP contribution < -0.4 is 5.32 Å². The predicted octanol–water partition coefficient (Wildman–Crippen LogP) is 3.27. The van der Waals surface area contributed by atoms with E-state index < -0.39 is 0 Å². The molecule has 0 saturated carbocycles. The number of nitrogens with one attached hydrogen (secondary N) is 1. The summed E-state index contributed by atoms with van der Waals surface area (Å²) in [6.45, 7) is 5.77. The van der Waals surface area contributed by atoms with Gasteiger partial charge in [-0.1, -0.05) is 23.3 Å². The largest absolute Gasteiger partial charge is 0.379 e. The van der Waals surface area contributed by atoms with Crippen molar-refractivity contribution < 1.29 is 14.3 Å². The Balaban J connectivity index is 1.92. The third-order valence-electron chi connectivity index (χ3n) is 3.21. The number of hydrogen-bond donors (Lipinski definition) is 1. The number of amides is 1. The van der Waals surface area contributed by atoms with Crippen LogP contribution in [0.15, 0.2) is 23.8 Å².